The highest BCUT2D eigenvalue weighted by Crippen LogP contribution is 2.31. The fourth-order valence-electron chi connectivity index (χ4n) is 1.98. The number of halogens is 3. The first-order valence-corrected chi connectivity index (χ1v) is 7.76. The van der Waals surface area contributed by atoms with Crippen molar-refractivity contribution in [2.45, 2.75) is 6.61 Å². The lowest BCUT2D eigenvalue weighted by atomic mass is 10.2. The van der Waals surface area contributed by atoms with Crippen molar-refractivity contribution >= 4 is 40.3 Å². The predicted molar refractivity (Wildman–Crippen MR) is 97.5 cm³/mol. The number of hydrogen-bond donors (Lipinski definition) is 2. The normalized spacial score (nSPS) is 10.3. The molecule has 2 aromatic carbocycles. The molecule has 0 amide bonds. The Morgan fingerprint density at radius 2 is 1.52 bits per heavy atom. The van der Waals surface area contributed by atoms with Gasteiger partial charge < -0.3 is 24.8 Å². The van der Waals surface area contributed by atoms with Crippen LogP contribution in [0.25, 0.3) is 0 Å². The van der Waals surface area contributed by atoms with Gasteiger partial charge in [0.05, 0.1) is 19.2 Å². The van der Waals surface area contributed by atoms with E-state index in [1.165, 1.54) is 25.3 Å². The van der Waals surface area contributed by atoms with Gasteiger partial charge in [0.1, 0.15) is 5.75 Å². The van der Waals surface area contributed by atoms with Gasteiger partial charge in [0, 0.05) is 17.4 Å². The standard InChI is InChI=1S/C16H15ClF2N2O3S/c1-22-13-6-4-10(8-14(13)23-2)21-16(25)20-9-3-5-12(11(17)7-9)24-15(18)19/h3-8,15H,1-2H3,(H2,20,21,25). The van der Waals surface area contributed by atoms with Crippen molar-refractivity contribution in [2.24, 2.45) is 0 Å². The number of hydrogen-bond acceptors (Lipinski definition) is 4. The number of rotatable bonds is 6. The summed E-state index contributed by atoms with van der Waals surface area (Å²) < 4.78 is 39.1. The van der Waals surface area contributed by atoms with Gasteiger partial charge in [-0.1, -0.05) is 11.6 Å². The van der Waals surface area contributed by atoms with Gasteiger partial charge in [0.15, 0.2) is 16.6 Å². The average molecular weight is 389 g/mol. The van der Waals surface area contributed by atoms with Crippen LogP contribution in [0.4, 0.5) is 20.2 Å². The van der Waals surface area contributed by atoms with Crippen molar-refractivity contribution in [1.29, 1.82) is 0 Å². The number of benzene rings is 2. The van der Waals surface area contributed by atoms with Crippen molar-refractivity contribution in [3.63, 3.8) is 0 Å². The molecule has 0 aliphatic carbocycles. The van der Waals surface area contributed by atoms with Crippen LogP contribution in [-0.4, -0.2) is 25.9 Å². The summed E-state index contributed by atoms with van der Waals surface area (Å²) in [4.78, 5) is 0. The van der Waals surface area contributed by atoms with E-state index in [2.05, 4.69) is 15.4 Å². The van der Waals surface area contributed by atoms with Crippen LogP contribution in [0.1, 0.15) is 0 Å². The van der Waals surface area contributed by atoms with Crippen LogP contribution in [0.2, 0.25) is 5.02 Å². The molecule has 0 aromatic heterocycles. The Balaban J connectivity index is 2.04. The Morgan fingerprint density at radius 1 is 0.960 bits per heavy atom. The third-order valence-corrected chi connectivity index (χ3v) is 3.55. The van der Waals surface area contributed by atoms with Crippen LogP contribution in [0, 0.1) is 0 Å². The summed E-state index contributed by atoms with van der Waals surface area (Å²) in [6.07, 6.45) is 0. The van der Waals surface area contributed by atoms with E-state index in [9.17, 15) is 8.78 Å². The number of ether oxygens (including phenoxy) is 3. The summed E-state index contributed by atoms with van der Waals surface area (Å²) in [6.45, 7) is -2.94. The molecule has 2 N–H and O–H groups in total. The first kappa shape index (κ1) is 19.0. The quantitative estimate of drug-likeness (QED) is 0.695. The molecular formula is C16H15ClF2N2O3S. The van der Waals surface area contributed by atoms with E-state index in [0.717, 1.165) is 0 Å². The van der Waals surface area contributed by atoms with Gasteiger partial charge in [0.25, 0.3) is 0 Å². The Hall–Kier alpha value is -2.32. The molecule has 5 nitrogen and oxygen atoms in total. The molecule has 2 aromatic rings. The largest absolute Gasteiger partial charge is 0.493 e. The number of thiocarbonyl (C=S) groups is 1. The van der Waals surface area contributed by atoms with E-state index in [-0.39, 0.29) is 15.9 Å². The highest BCUT2D eigenvalue weighted by atomic mass is 35.5. The second kappa shape index (κ2) is 8.68. The molecule has 0 heterocycles. The maximum atomic E-state index is 12.2. The molecule has 0 bridgehead atoms. The van der Waals surface area contributed by atoms with Crippen molar-refractivity contribution < 1.29 is 23.0 Å². The minimum atomic E-state index is -2.94. The Bertz CT molecular complexity index is 762. The Labute approximate surface area is 153 Å². The molecule has 0 fully saturated rings. The molecule has 0 aliphatic rings. The van der Waals surface area contributed by atoms with Gasteiger partial charge in [-0.05, 0) is 42.5 Å². The summed E-state index contributed by atoms with van der Waals surface area (Å²) >= 11 is 11.1. The highest BCUT2D eigenvalue weighted by molar-refractivity contribution is 7.80. The zero-order valence-electron chi connectivity index (χ0n) is 13.3. The molecule has 0 aliphatic heterocycles. The third-order valence-electron chi connectivity index (χ3n) is 3.05. The minimum Gasteiger partial charge on any atom is -0.493 e. The lowest BCUT2D eigenvalue weighted by Gasteiger charge is -2.14. The summed E-state index contributed by atoms with van der Waals surface area (Å²) in [6, 6.07) is 9.50. The second-order valence-electron chi connectivity index (χ2n) is 4.67. The van der Waals surface area contributed by atoms with Crippen molar-refractivity contribution in [3.8, 4) is 17.2 Å². The number of alkyl halides is 2. The first-order valence-electron chi connectivity index (χ1n) is 6.97. The second-order valence-corrected chi connectivity index (χ2v) is 5.49. The van der Waals surface area contributed by atoms with Crippen molar-refractivity contribution in [1.82, 2.24) is 0 Å². The average Bonchev–Trinajstić information content (AvgIpc) is 2.56. The molecule has 0 unspecified atom stereocenters. The number of anilines is 2. The van der Waals surface area contributed by atoms with Crippen LogP contribution in [0.5, 0.6) is 17.2 Å². The molecular weight excluding hydrogens is 374 g/mol. The van der Waals surface area contributed by atoms with E-state index < -0.39 is 6.61 Å². The first-order chi connectivity index (χ1) is 11.9. The maximum Gasteiger partial charge on any atom is 0.387 e. The predicted octanol–water partition coefficient (Wildman–Crippen LogP) is 4.77. The summed E-state index contributed by atoms with van der Waals surface area (Å²) in [7, 11) is 3.07. The fourth-order valence-corrected chi connectivity index (χ4v) is 2.44. The monoisotopic (exact) mass is 388 g/mol. The van der Waals surface area contributed by atoms with Gasteiger partial charge in [-0.3, -0.25) is 0 Å². The van der Waals surface area contributed by atoms with E-state index in [1.54, 1.807) is 25.3 Å². The molecule has 25 heavy (non-hydrogen) atoms. The van der Waals surface area contributed by atoms with Crippen LogP contribution in [0.15, 0.2) is 36.4 Å². The zero-order chi connectivity index (χ0) is 18.4. The molecule has 0 spiro atoms. The highest BCUT2D eigenvalue weighted by Gasteiger charge is 2.10. The lowest BCUT2D eigenvalue weighted by molar-refractivity contribution is -0.0497. The minimum absolute atomic E-state index is 0.0409. The maximum absolute atomic E-state index is 12.2. The van der Waals surface area contributed by atoms with Crippen molar-refractivity contribution in [3.05, 3.63) is 41.4 Å². The van der Waals surface area contributed by atoms with E-state index in [0.29, 0.717) is 22.9 Å². The molecule has 134 valence electrons. The Kier molecular flexibility index (Phi) is 6.60. The molecule has 9 heteroatoms. The van der Waals surface area contributed by atoms with Crippen LogP contribution in [0.3, 0.4) is 0 Å². The summed E-state index contributed by atoms with van der Waals surface area (Å²) in [5.41, 5.74) is 1.20. The summed E-state index contributed by atoms with van der Waals surface area (Å²) in [5, 5.41) is 6.20. The third kappa shape index (κ3) is 5.33. The number of methoxy groups -OCH3 is 2. The molecule has 0 atom stereocenters. The van der Waals surface area contributed by atoms with Gasteiger partial charge in [-0.25, -0.2) is 0 Å². The van der Waals surface area contributed by atoms with E-state index >= 15 is 0 Å². The molecule has 0 saturated carbocycles. The van der Waals surface area contributed by atoms with E-state index in [1.807, 2.05) is 0 Å². The van der Waals surface area contributed by atoms with Gasteiger partial charge in [-0.2, -0.15) is 8.78 Å². The van der Waals surface area contributed by atoms with Crippen LogP contribution >= 0.6 is 23.8 Å². The van der Waals surface area contributed by atoms with E-state index in [4.69, 9.17) is 33.3 Å². The van der Waals surface area contributed by atoms with Crippen LogP contribution < -0.4 is 24.8 Å². The van der Waals surface area contributed by atoms with Crippen LogP contribution in [-0.2, 0) is 0 Å². The van der Waals surface area contributed by atoms with Crippen molar-refractivity contribution in [2.75, 3.05) is 24.9 Å². The lowest BCUT2D eigenvalue weighted by Crippen LogP contribution is -2.19. The van der Waals surface area contributed by atoms with Gasteiger partial charge >= 0.3 is 6.61 Å². The van der Waals surface area contributed by atoms with Gasteiger partial charge in [-0.15, -0.1) is 0 Å². The Morgan fingerprint density at radius 3 is 2.04 bits per heavy atom. The summed E-state index contributed by atoms with van der Waals surface area (Å²) in [5.74, 6) is 1.03. The smallest absolute Gasteiger partial charge is 0.387 e. The zero-order valence-corrected chi connectivity index (χ0v) is 14.9. The SMILES string of the molecule is COc1ccc(NC(=S)Nc2ccc(OC(F)F)c(Cl)c2)cc1OC. The molecule has 2 rings (SSSR count). The topological polar surface area (TPSA) is 51.8 Å². The number of nitrogens with one attached hydrogen (secondary N) is 2. The van der Waals surface area contributed by atoms with Gasteiger partial charge in [0.2, 0.25) is 0 Å². The molecule has 0 saturated heterocycles. The molecule has 0 radical (unpaired) electrons. The fraction of sp³-hybridized carbons (Fsp3) is 0.188.